The van der Waals surface area contributed by atoms with E-state index in [0.29, 0.717) is 11.3 Å². The van der Waals surface area contributed by atoms with E-state index in [1.807, 2.05) is 0 Å². The van der Waals surface area contributed by atoms with Crippen LogP contribution in [0.4, 0.5) is 0 Å². The van der Waals surface area contributed by atoms with Crippen molar-refractivity contribution in [3.63, 3.8) is 0 Å². The smallest absolute Gasteiger partial charge is 0.103 e. The summed E-state index contributed by atoms with van der Waals surface area (Å²) in [6, 6.07) is 4.64. The van der Waals surface area contributed by atoms with E-state index in [4.69, 9.17) is 4.42 Å². The van der Waals surface area contributed by atoms with Crippen LogP contribution >= 0.6 is 0 Å². The normalized spacial score (nSPS) is 35.0. The second-order valence-corrected chi connectivity index (χ2v) is 8.57. The maximum absolute atomic E-state index is 5.74. The first-order chi connectivity index (χ1) is 10.6. The minimum absolute atomic E-state index is 0. The molecule has 125 valence electrons. The van der Waals surface area contributed by atoms with Crippen molar-refractivity contribution in [3.05, 3.63) is 29.7 Å². The number of rotatable bonds is 2. The summed E-state index contributed by atoms with van der Waals surface area (Å²) in [6.45, 7) is 4.54. The van der Waals surface area contributed by atoms with Gasteiger partial charge in [-0.05, 0) is 78.7 Å². The minimum atomic E-state index is 0. The Balaban J connectivity index is 0.00000135. The number of nitrogens with zero attached hydrogens (tertiary/aromatic N) is 1. The molecule has 2 nitrogen and oxygen atoms in total. The van der Waals surface area contributed by atoms with Crippen LogP contribution in [0.25, 0.3) is 11.1 Å². The van der Waals surface area contributed by atoms with E-state index in [2.05, 4.69) is 37.4 Å². The first-order valence-electron chi connectivity index (χ1n) is 8.94. The predicted molar refractivity (Wildman–Crippen MR) is 86.8 cm³/mol. The molecule has 0 aliphatic heterocycles. The maximum atomic E-state index is 5.74. The SMILES string of the molecule is CC(C)c1cc(C23CC4CC(CC(C4)C2)C3)c2o[c-]nc2c1.[Rh]. The van der Waals surface area contributed by atoms with Crippen LogP contribution < -0.4 is 0 Å². The van der Waals surface area contributed by atoms with Gasteiger partial charge in [-0.15, -0.1) is 0 Å². The van der Waals surface area contributed by atoms with Gasteiger partial charge in [-0.2, -0.15) is 0 Å². The van der Waals surface area contributed by atoms with Gasteiger partial charge < -0.3 is 9.40 Å². The summed E-state index contributed by atoms with van der Waals surface area (Å²) < 4.78 is 5.74. The van der Waals surface area contributed by atoms with Crippen molar-refractivity contribution in [1.82, 2.24) is 4.98 Å². The number of fused-ring (bicyclic) bond motifs is 1. The molecule has 3 heteroatoms. The third-order valence-electron chi connectivity index (χ3n) is 6.68. The molecule has 0 saturated heterocycles. The summed E-state index contributed by atoms with van der Waals surface area (Å²) in [5.41, 5.74) is 5.26. The van der Waals surface area contributed by atoms with Gasteiger partial charge in [0, 0.05) is 19.5 Å². The molecule has 4 bridgehead atoms. The molecule has 4 saturated carbocycles. The van der Waals surface area contributed by atoms with E-state index in [0.717, 1.165) is 28.9 Å². The number of benzene rings is 1. The largest absolute Gasteiger partial charge is 0.573 e. The number of hydrogen-bond acceptors (Lipinski definition) is 2. The van der Waals surface area contributed by atoms with Crippen molar-refractivity contribution < 1.29 is 23.9 Å². The number of hydrogen-bond donors (Lipinski definition) is 0. The van der Waals surface area contributed by atoms with Crippen molar-refractivity contribution >= 4 is 11.1 Å². The van der Waals surface area contributed by atoms with Crippen LogP contribution in [0.5, 0.6) is 0 Å². The molecule has 0 unspecified atom stereocenters. The summed E-state index contributed by atoms with van der Waals surface area (Å²) in [4.78, 5) is 4.36. The zero-order valence-electron chi connectivity index (χ0n) is 13.9. The fourth-order valence-corrected chi connectivity index (χ4v) is 6.11. The molecule has 6 rings (SSSR count). The van der Waals surface area contributed by atoms with Crippen molar-refractivity contribution in [2.24, 2.45) is 17.8 Å². The van der Waals surface area contributed by atoms with Crippen molar-refractivity contribution in [3.8, 4) is 0 Å². The van der Waals surface area contributed by atoms with Crippen LogP contribution in [0.15, 0.2) is 16.5 Å². The third kappa shape index (κ3) is 2.34. The van der Waals surface area contributed by atoms with Crippen LogP contribution in [0.1, 0.15) is 69.4 Å². The maximum Gasteiger partial charge on any atom is 0.103 e. The zero-order valence-corrected chi connectivity index (χ0v) is 15.5. The summed E-state index contributed by atoms with van der Waals surface area (Å²) in [7, 11) is 0. The second kappa shape index (κ2) is 5.41. The average molecular weight is 397 g/mol. The molecule has 0 N–H and O–H groups in total. The Kier molecular flexibility index (Phi) is 3.72. The average Bonchev–Trinajstić information content (AvgIpc) is 2.92. The fraction of sp³-hybridized carbons (Fsp3) is 0.650. The molecule has 1 aromatic carbocycles. The molecular weight excluding hydrogens is 373 g/mol. The Labute approximate surface area is 151 Å². The van der Waals surface area contributed by atoms with Gasteiger partial charge in [0.25, 0.3) is 0 Å². The summed E-state index contributed by atoms with van der Waals surface area (Å²) in [5, 5.41) is 0. The molecule has 1 aromatic heterocycles. The first-order valence-corrected chi connectivity index (χ1v) is 8.94. The second-order valence-electron chi connectivity index (χ2n) is 8.57. The van der Waals surface area contributed by atoms with E-state index in [-0.39, 0.29) is 19.5 Å². The van der Waals surface area contributed by atoms with Crippen LogP contribution in [-0.4, -0.2) is 4.98 Å². The third-order valence-corrected chi connectivity index (χ3v) is 6.68. The van der Waals surface area contributed by atoms with Gasteiger partial charge in [0.2, 0.25) is 0 Å². The van der Waals surface area contributed by atoms with Crippen molar-refractivity contribution in [1.29, 1.82) is 0 Å². The molecule has 2 aromatic rings. The van der Waals surface area contributed by atoms with E-state index < -0.39 is 0 Å². The predicted octanol–water partition coefficient (Wildman–Crippen LogP) is 5.22. The van der Waals surface area contributed by atoms with E-state index in [1.165, 1.54) is 49.7 Å². The minimum Gasteiger partial charge on any atom is -0.573 e. The van der Waals surface area contributed by atoms with Gasteiger partial charge in [0.05, 0.1) is 0 Å². The number of oxazole rings is 1. The Bertz CT molecular complexity index is 697. The van der Waals surface area contributed by atoms with Gasteiger partial charge >= 0.3 is 0 Å². The van der Waals surface area contributed by atoms with E-state index in [1.54, 1.807) is 0 Å². The van der Waals surface area contributed by atoms with Crippen LogP contribution in [-0.2, 0) is 24.9 Å². The Hall–Kier alpha value is -0.687. The quantitative estimate of drug-likeness (QED) is 0.513. The molecule has 1 radical (unpaired) electrons. The first kappa shape index (κ1) is 15.8. The topological polar surface area (TPSA) is 26.0 Å². The van der Waals surface area contributed by atoms with E-state index >= 15 is 0 Å². The van der Waals surface area contributed by atoms with Crippen LogP contribution in [0.2, 0.25) is 0 Å². The van der Waals surface area contributed by atoms with Gasteiger partial charge in [-0.1, -0.05) is 37.1 Å². The van der Waals surface area contributed by atoms with Crippen LogP contribution in [0.3, 0.4) is 0 Å². The Morgan fingerprint density at radius 3 is 2.26 bits per heavy atom. The molecule has 0 amide bonds. The van der Waals surface area contributed by atoms with Gasteiger partial charge in [0.15, 0.2) is 0 Å². The molecule has 4 aliphatic rings. The zero-order chi connectivity index (χ0) is 14.9. The summed E-state index contributed by atoms with van der Waals surface area (Å²) >= 11 is 0. The standard InChI is InChI=1S/C20H24NO.Rh/c1-12(2)16-6-17(19-18(7-16)21-11-22-19)20-8-13-3-14(9-20)5-15(4-13)10-20;/h6-7,12-15H,3-5,8-10H2,1-2H3;/q-1;. The van der Waals surface area contributed by atoms with Crippen LogP contribution in [0, 0.1) is 24.1 Å². The monoisotopic (exact) mass is 397 g/mol. The Morgan fingerprint density at radius 1 is 1.09 bits per heavy atom. The van der Waals surface area contributed by atoms with Crippen molar-refractivity contribution in [2.45, 2.75) is 63.7 Å². The van der Waals surface area contributed by atoms with Gasteiger partial charge in [-0.3, -0.25) is 0 Å². The summed E-state index contributed by atoms with van der Waals surface area (Å²) in [5.74, 6) is 3.40. The molecular formula is C20H24NORh-. The molecule has 0 spiro atoms. The molecule has 23 heavy (non-hydrogen) atoms. The van der Waals surface area contributed by atoms with Crippen molar-refractivity contribution in [2.75, 3.05) is 0 Å². The summed E-state index contributed by atoms with van der Waals surface area (Å²) in [6.07, 6.45) is 11.3. The van der Waals surface area contributed by atoms with E-state index in [9.17, 15) is 0 Å². The molecule has 0 atom stereocenters. The molecule has 4 aliphatic carbocycles. The molecule has 4 fully saturated rings. The number of aromatic nitrogens is 1. The Morgan fingerprint density at radius 2 is 1.70 bits per heavy atom. The van der Waals surface area contributed by atoms with Gasteiger partial charge in [-0.25, -0.2) is 0 Å². The molecule has 1 heterocycles. The fourth-order valence-electron chi connectivity index (χ4n) is 6.11. The van der Waals surface area contributed by atoms with Gasteiger partial charge in [0.1, 0.15) is 6.39 Å².